The number of imidazole rings is 4. The number of fused-ring (bicyclic) bond motifs is 12. The Labute approximate surface area is 851 Å². The van der Waals surface area contributed by atoms with Crippen LogP contribution in [0, 0.1) is 74.9 Å². The van der Waals surface area contributed by atoms with Crippen LogP contribution in [0.5, 0.6) is 23.0 Å². The van der Waals surface area contributed by atoms with Gasteiger partial charge in [-0.15, -0.1) is 0 Å². The molecule has 0 unspecified atom stereocenters. The number of benzene rings is 6. The van der Waals surface area contributed by atoms with Gasteiger partial charge in [-0.1, -0.05) is 66.7 Å². The van der Waals surface area contributed by atoms with Crippen molar-refractivity contribution in [2.75, 3.05) is 67.8 Å². The van der Waals surface area contributed by atoms with Crippen molar-refractivity contribution < 1.29 is 42.9 Å². The molecular weight excluding hydrogens is 1850 g/mol. The minimum Gasteiger partial charge on any atom is -0.494 e. The topological polar surface area (TPSA) is 431 Å². The number of aryl methyl sites for hydroxylation is 6. The van der Waals surface area contributed by atoms with Crippen LogP contribution in [-0.4, -0.2) is 221 Å². The highest BCUT2D eigenvalue weighted by Gasteiger charge is 2.51. The third-order valence-corrected chi connectivity index (χ3v) is 32.6. The first-order valence-electron chi connectivity index (χ1n) is 50.9. The summed E-state index contributed by atoms with van der Waals surface area (Å²) in [5, 5.41) is 39.0. The quantitative estimate of drug-likeness (QED) is 0.0462. The molecule has 147 heavy (non-hydrogen) atoms. The molecule has 6 aromatic carbocycles. The largest absolute Gasteiger partial charge is 0.494 e. The van der Waals surface area contributed by atoms with Crippen LogP contribution in [0.15, 0.2) is 182 Å². The fourth-order valence-electron chi connectivity index (χ4n) is 24.8. The van der Waals surface area contributed by atoms with Gasteiger partial charge in [-0.25, -0.2) is 19.9 Å². The molecule has 4 aliphatic carbocycles. The summed E-state index contributed by atoms with van der Waals surface area (Å²) < 4.78 is 44.4. The van der Waals surface area contributed by atoms with Gasteiger partial charge in [0.1, 0.15) is 92.1 Å². The number of hydrogen-bond acceptors (Lipinski definition) is 22. The number of rotatable bonds is 23. The van der Waals surface area contributed by atoms with Crippen molar-refractivity contribution >= 4 is 67.8 Å². The Bertz CT molecular complexity index is 7530. The molecule has 5 aliphatic heterocycles. The molecule has 24 rings (SSSR count). The van der Waals surface area contributed by atoms with E-state index in [4.69, 9.17) is 66.6 Å². The van der Waals surface area contributed by atoms with Gasteiger partial charge in [-0.05, 0) is 227 Å². The minimum atomic E-state index is -0.0273. The first-order valence-corrected chi connectivity index (χ1v) is 50.9. The number of carbonyl (C=O) groups excluding carboxylic acids is 4. The number of amides is 4. The first kappa shape index (κ1) is 97.4. The Kier molecular flexibility index (Phi) is 27.0. The second-order valence-corrected chi connectivity index (χ2v) is 40.5. The van der Waals surface area contributed by atoms with E-state index in [2.05, 4.69) is 46.0 Å². The normalized spacial score (nSPS) is 21.3. The van der Waals surface area contributed by atoms with E-state index < -0.39 is 0 Å². The van der Waals surface area contributed by atoms with Gasteiger partial charge in [0.15, 0.2) is 23.3 Å². The van der Waals surface area contributed by atoms with Crippen molar-refractivity contribution in [2.45, 2.75) is 158 Å². The van der Waals surface area contributed by atoms with Crippen LogP contribution in [0.4, 0.5) is 0 Å². The lowest BCUT2D eigenvalue weighted by Crippen LogP contribution is -2.41. The van der Waals surface area contributed by atoms with E-state index >= 15 is 0 Å². The highest BCUT2D eigenvalue weighted by atomic mass is 16.5. The van der Waals surface area contributed by atoms with Crippen LogP contribution in [0.1, 0.15) is 152 Å². The number of nitriles is 4. The van der Waals surface area contributed by atoms with Gasteiger partial charge < -0.3 is 103 Å². The maximum Gasteiger partial charge on any atom is 0.254 e. The maximum absolute atomic E-state index is 13.5. The monoisotopic (exact) mass is 1970 g/mol. The summed E-state index contributed by atoms with van der Waals surface area (Å²) in [4.78, 5) is 85.9. The molecule has 4 amide bonds. The lowest BCUT2D eigenvalue weighted by molar-refractivity contribution is 0.0626. The molecule has 5 saturated heterocycles. The Morgan fingerprint density at radius 2 is 0.667 bits per heavy atom. The second-order valence-electron chi connectivity index (χ2n) is 40.5. The molecule has 14 heterocycles. The van der Waals surface area contributed by atoms with Crippen molar-refractivity contribution in [3.05, 3.63) is 244 Å². The van der Waals surface area contributed by atoms with Crippen molar-refractivity contribution in [3.63, 3.8) is 0 Å². The maximum atomic E-state index is 13.5. The first-order chi connectivity index (χ1) is 71.5. The molecule has 4 saturated carbocycles. The van der Waals surface area contributed by atoms with Gasteiger partial charge in [0.05, 0.1) is 73.3 Å². The zero-order valence-corrected chi connectivity index (χ0v) is 84.0. The summed E-state index contributed by atoms with van der Waals surface area (Å²) in [5.74, 6) is 7.30. The van der Waals surface area contributed by atoms with Crippen LogP contribution < -0.4 is 41.9 Å². The number of piperidine rings is 4. The van der Waals surface area contributed by atoms with Crippen molar-refractivity contribution in [2.24, 2.45) is 80.7 Å². The van der Waals surface area contributed by atoms with Gasteiger partial charge in [-0.3, -0.25) is 24.2 Å². The summed E-state index contributed by atoms with van der Waals surface area (Å²) >= 11 is 0. The van der Waals surface area contributed by atoms with E-state index in [1.807, 2.05) is 231 Å². The summed E-state index contributed by atoms with van der Waals surface area (Å²) in [7, 11) is 14.2. The molecule has 34 nitrogen and oxygen atoms in total. The highest BCUT2D eigenvalue weighted by molar-refractivity contribution is 6.04. The number of aromatic nitrogens is 13. The number of nitrogens with two attached hydrogens (primary N) is 4. The van der Waals surface area contributed by atoms with E-state index in [9.17, 15) is 40.2 Å². The average molecular weight is 1970 g/mol. The number of ether oxygens (including phenoxy) is 5. The average Bonchev–Trinajstić information content (AvgIpc) is 1.60. The third-order valence-electron chi connectivity index (χ3n) is 32.6. The Morgan fingerprint density at radius 1 is 0.361 bits per heavy atom. The zero-order chi connectivity index (χ0) is 102. The lowest BCUT2D eigenvalue weighted by Gasteiger charge is -2.27. The predicted molar refractivity (Wildman–Crippen MR) is 556 cm³/mol. The van der Waals surface area contributed by atoms with Gasteiger partial charge in [0, 0.05) is 183 Å². The van der Waals surface area contributed by atoms with Gasteiger partial charge in [0.25, 0.3) is 23.6 Å². The molecule has 8 bridgehead atoms. The van der Waals surface area contributed by atoms with Crippen LogP contribution in [0.2, 0.25) is 0 Å². The fraction of sp³-hybridized carbons (Fsp3) is 0.389. The Hall–Kier alpha value is -15.7. The molecule has 9 aromatic heterocycles. The Balaban J connectivity index is 0.000000115. The number of likely N-dealkylation sites (tertiary alicyclic amines) is 4. The molecule has 0 spiro atoms. The number of methoxy groups -OCH3 is 4. The summed E-state index contributed by atoms with van der Waals surface area (Å²) in [6.45, 7) is 7.00. The molecule has 752 valence electrons. The van der Waals surface area contributed by atoms with Crippen LogP contribution in [-0.2, 0) is 71.9 Å². The van der Waals surface area contributed by atoms with E-state index in [1.165, 1.54) is 5.56 Å². The summed E-state index contributed by atoms with van der Waals surface area (Å²) in [6, 6.07) is 65.7. The molecule has 34 heteroatoms. The Morgan fingerprint density at radius 3 is 0.966 bits per heavy atom. The smallest absolute Gasteiger partial charge is 0.254 e. The minimum absolute atomic E-state index is 0.0124. The molecular formula is C113H121N25O9. The van der Waals surface area contributed by atoms with Crippen LogP contribution in [0.3, 0.4) is 0 Å². The molecule has 15 aromatic rings. The van der Waals surface area contributed by atoms with Crippen molar-refractivity contribution in [1.82, 2.24) is 81.1 Å². The molecule has 12 atom stereocenters. The van der Waals surface area contributed by atoms with Crippen molar-refractivity contribution in [1.29, 1.82) is 21.0 Å². The number of hydrogen-bond donors (Lipinski definition) is 4. The van der Waals surface area contributed by atoms with Crippen LogP contribution >= 0.6 is 0 Å². The standard InChI is InChI=1S/C29H30N6O2.C28H29N7O2.C28H34N6O3.C28H28N6O2/c1-33-27-22(14-20(15-25(27)37-2)29(36)35-17-19-8-10-23(35)26(19)31)32-28(33)24-11-9-21(16-30)34(24)13-12-18-6-4-3-5-7-18;1-33-26-21(13-18(14-24(26)37-2)28(36)35-16-17-6-8-22(35)25(17)30)32-27(33)23-9-7-20(15-29)34(23)12-10-19-5-3-4-11-31-19;1-32-26-21(13-19(14-24(26)36-2)28(35)34-16-18-3-5-22(34)25(18)30)31-27(32)23-6-4-20(15-29)33(23)10-7-17-8-11-37-12-9-17;1-32-26-21(12-19(13-24(26)36-2)28(35)34-16-18-8-10-22(34)25(18)30)31-27(32)23-11-9-20(14-29)33(23)15-17-6-4-3-5-7-17/h3-7,9,11,14-15,19,23,26H,8,10,12-13,17,31H2,1-2H3;3-5,7,9,11,13-14,17,22,25H,6,8,10,12,16,30H2,1-2H3;4,6,13-14,17-18,22,25H,3,5,7-12,16,30H2,1-2H3;3-7,9,11-13,18,22,25H,8,10,15-16,30H2,1-2H3/t19-,23-,26-;17-,22-,25-;2*18-,22-,25-/m1111/s1. The summed E-state index contributed by atoms with van der Waals surface area (Å²) in [5.41, 5.74) is 42.6. The van der Waals surface area contributed by atoms with Crippen molar-refractivity contribution in [3.8, 4) is 93.3 Å². The SMILES string of the molecule is COc1cc(C(=O)N2C[C@H]3CC[C@@H]2[C@@H]3N)cc2nc(-c3ccc(C#N)n3CCC3CCOCC3)n(C)c12.COc1cc(C(=O)N2C[C@H]3CC[C@@H]2[C@@H]3N)cc2nc(-c3ccc(C#N)n3CCc3ccccc3)n(C)c12.COc1cc(C(=O)N2C[C@H]3CC[C@@H]2[C@@H]3N)cc2nc(-c3ccc(C#N)n3CCc3ccccn3)n(C)c12.COc1cc(C(=O)N2C[C@H]3CC[C@@H]2[C@@H]3N)cc2nc(-c3ccc(C#N)n3Cc3ccccc3)n(C)c12. The molecule has 9 fully saturated rings. The number of nitrogens with zero attached hydrogens (tertiary/aromatic N) is 21. The van der Waals surface area contributed by atoms with Crippen LogP contribution in [0.25, 0.3) is 90.2 Å². The lowest BCUT2D eigenvalue weighted by atomic mass is 9.96. The van der Waals surface area contributed by atoms with E-state index in [1.54, 1.807) is 46.8 Å². The number of carbonyl (C=O) groups is 4. The predicted octanol–water partition coefficient (Wildman–Crippen LogP) is 13.7. The third kappa shape index (κ3) is 17.8. The van der Waals surface area contributed by atoms with Gasteiger partial charge in [0.2, 0.25) is 0 Å². The molecule has 0 radical (unpaired) electrons. The number of pyridine rings is 1. The van der Waals surface area contributed by atoms with E-state index in [-0.39, 0.29) is 72.0 Å². The summed E-state index contributed by atoms with van der Waals surface area (Å²) in [6.07, 6.45) is 14.6. The highest BCUT2D eigenvalue weighted by Crippen LogP contribution is 2.46. The molecule has 8 N–H and O–H groups in total. The second kappa shape index (κ2) is 40.7. The van der Waals surface area contributed by atoms with Gasteiger partial charge >= 0.3 is 0 Å². The molecule has 9 aliphatic rings. The van der Waals surface area contributed by atoms with Gasteiger partial charge in [-0.2, -0.15) is 21.0 Å². The van der Waals surface area contributed by atoms with E-state index in [0.29, 0.717) is 177 Å². The zero-order valence-electron chi connectivity index (χ0n) is 84.0. The fourth-order valence-corrected chi connectivity index (χ4v) is 24.8. The van der Waals surface area contributed by atoms with E-state index in [0.717, 1.165) is 171 Å².